The number of carboxylic acids is 3. The Hall–Kier alpha value is -1.41. The van der Waals surface area contributed by atoms with Gasteiger partial charge in [-0.15, -0.1) is 0 Å². The minimum atomic E-state index is -2.72. The van der Waals surface area contributed by atoms with Gasteiger partial charge in [-0.05, 0) is 0 Å². The van der Waals surface area contributed by atoms with Crippen LogP contribution in [0.2, 0.25) is 5.54 Å². The molecule has 2 unspecified atom stereocenters. The van der Waals surface area contributed by atoms with Crippen LogP contribution in [0, 0.1) is 0 Å². The molecule has 2 atom stereocenters. The molecule has 0 aromatic rings. The molecule has 80 valence electrons. The molecule has 0 rings (SSSR count). The van der Waals surface area contributed by atoms with E-state index in [1.807, 2.05) is 0 Å². The van der Waals surface area contributed by atoms with Crippen LogP contribution in [0.25, 0.3) is 0 Å². The van der Waals surface area contributed by atoms with Crippen LogP contribution < -0.4 is 0 Å². The number of aliphatic carboxylic acids is 3. The molecule has 14 heavy (non-hydrogen) atoms. The maximum atomic E-state index is 10.5. The first kappa shape index (κ1) is 12.6. The molecule has 0 saturated heterocycles. The minimum Gasteiger partial charge on any atom is -0.481 e. The summed E-state index contributed by atoms with van der Waals surface area (Å²) in [5, 5.41) is 34.7. The van der Waals surface area contributed by atoms with Crippen molar-refractivity contribution < 1.29 is 34.8 Å². The van der Waals surface area contributed by atoms with Gasteiger partial charge >= 0.3 is 17.9 Å². The molecule has 0 aromatic carbocycles. The lowest BCUT2D eigenvalue weighted by molar-refractivity contribution is -0.170. The summed E-state index contributed by atoms with van der Waals surface area (Å²) in [5.41, 5.74) is -4.28. The van der Waals surface area contributed by atoms with Gasteiger partial charge in [0, 0.05) is 10.2 Å². The van der Waals surface area contributed by atoms with E-state index < -0.39 is 35.5 Å². The summed E-state index contributed by atoms with van der Waals surface area (Å²) < 4.78 is 0. The molecule has 0 aliphatic rings. The first-order valence-electron chi connectivity index (χ1n) is 3.62. The molecule has 0 aliphatic heterocycles. The van der Waals surface area contributed by atoms with E-state index in [1.54, 1.807) is 0 Å². The van der Waals surface area contributed by atoms with Gasteiger partial charge in [0.2, 0.25) is 0 Å². The molecule has 0 fully saturated rings. The lowest BCUT2D eigenvalue weighted by Crippen LogP contribution is -2.47. The van der Waals surface area contributed by atoms with Crippen molar-refractivity contribution >= 4 is 28.2 Å². The van der Waals surface area contributed by atoms with Crippen LogP contribution in [0.5, 0.6) is 0 Å². The molecular formula is C6H10O7Si. The monoisotopic (exact) mass is 222 g/mol. The van der Waals surface area contributed by atoms with Crippen molar-refractivity contribution in [2.24, 2.45) is 0 Å². The van der Waals surface area contributed by atoms with Crippen molar-refractivity contribution in [1.82, 2.24) is 0 Å². The van der Waals surface area contributed by atoms with Crippen molar-refractivity contribution in [2.75, 3.05) is 0 Å². The molecule has 4 N–H and O–H groups in total. The zero-order valence-electron chi connectivity index (χ0n) is 7.30. The SMILES string of the molecule is O=C(O)CC(O)(C(=O)O)C([SiH3])C(=O)O. The van der Waals surface area contributed by atoms with Crippen LogP contribution >= 0.6 is 0 Å². The average molecular weight is 222 g/mol. The van der Waals surface area contributed by atoms with Gasteiger partial charge in [0.25, 0.3) is 0 Å². The quantitative estimate of drug-likeness (QED) is 0.378. The van der Waals surface area contributed by atoms with Gasteiger partial charge in [-0.2, -0.15) is 0 Å². The van der Waals surface area contributed by atoms with Crippen LogP contribution in [-0.4, -0.2) is 54.2 Å². The second-order valence-corrected chi connectivity index (χ2v) is 4.01. The topological polar surface area (TPSA) is 132 Å². The summed E-state index contributed by atoms with van der Waals surface area (Å²) in [6, 6.07) is 0. The van der Waals surface area contributed by atoms with Gasteiger partial charge in [-0.1, -0.05) is 0 Å². The standard InChI is InChI=1S/C6H10O7Si/c7-2(8)1-6(13,5(11)12)3(14)4(9)10/h3,13H,1H2,14H3,(H,7,8)(H,9,10)(H,11,12). The largest absolute Gasteiger partial charge is 0.481 e. The summed E-state index contributed by atoms with van der Waals surface area (Å²) in [4.78, 5) is 31.2. The summed E-state index contributed by atoms with van der Waals surface area (Å²) in [6.07, 6.45) is -1.12. The fourth-order valence-electron chi connectivity index (χ4n) is 0.849. The average Bonchev–Trinajstić information content (AvgIpc) is 2.00. The highest BCUT2D eigenvalue weighted by Crippen LogP contribution is 2.25. The predicted molar refractivity (Wildman–Crippen MR) is 46.2 cm³/mol. The minimum absolute atomic E-state index is 0.159. The highest BCUT2D eigenvalue weighted by molar-refractivity contribution is 6.25. The summed E-state index contributed by atoms with van der Waals surface area (Å²) in [7, 11) is -0.159. The zero-order valence-corrected chi connectivity index (χ0v) is 9.30. The first-order valence-corrected chi connectivity index (χ1v) is 4.77. The van der Waals surface area contributed by atoms with Gasteiger partial charge in [0.15, 0.2) is 5.60 Å². The Morgan fingerprint density at radius 1 is 1.21 bits per heavy atom. The third-order valence-electron chi connectivity index (χ3n) is 1.88. The molecule has 7 nitrogen and oxygen atoms in total. The zero-order chi connectivity index (χ0) is 11.5. The Kier molecular flexibility index (Phi) is 3.77. The maximum Gasteiger partial charge on any atom is 0.336 e. The maximum absolute atomic E-state index is 10.5. The Morgan fingerprint density at radius 2 is 1.64 bits per heavy atom. The van der Waals surface area contributed by atoms with Crippen LogP contribution in [0.3, 0.4) is 0 Å². The van der Waals surface area contributed by atoms with E-state index >= 15 is 0 Å². The molecule has 0 spiro atoms. The van der Waals surface area contributed by atoms with Crippen LogP contribution in [0.4, 0.5) is 0 Å². The van der Waals surface area contributed by atoms with Gasteiger partial charge in [-0.3, -0.25) is 9.59 Å². The number of rotatable bonds is 5. The molecule has 8 heteroatoms. The van der Waals surface area contributed by atoms with Crippen molar-refractivity contribution in [3.63, 3.8) is 0 Å². The molecule has 0 aliphatic carbocycles. The molecule has 0 heterocycles. The summed E-state index contributed by atoms with van der Waals surface area (Å²) in [5.74, 6) is -4.90. The molecule has 0 saturated carbocycles. The number of hydrogen-bond donors (Lipinski definition) is 4. The van der Waals surface area contributed by atoms with Crippen molar-refractivity contribution in [3.8, 4) is 0 Å². The van der Waals surface area contributed by atoms with E-state index in [-0.39, 0.29) is 10.2 Å². The lowest BCUT2D eigenvalue weighted by Gasteiger charge is -2.25. The third-order valence-corrected chi connectivity index (χ3v) is 3.33. The van der Waals surface area contributed by atoms with Gasteiger partial charge in [0.1, 0.15) is 0 Å². The number of carboxylic acid groups (broad SMARTS) is 3. The second-order valence-electron chi connectivity index (χ2n) is 2.86. The van der Waals surface area contributed by atoms with E-state index in [0.717, 1.165) is 0 Å². The molecule has 0 bridgehead atoms. The molecular weight excluding hydrogens is 212 g/mol. The Labute approximate surface area is 81.4 Å². The van der Waals surface area contributed by atoms with Crippen LogP contribution in [0.15, 0.2) is 0 Å². The van der Waals surface area contributed by atoms with Crippen LogP contribution in [-0.2, 0) is 14.4 Å². The molecule has 0 amide bonds. The van der Waals surface area contributed by atoms with E-state index in [0.29, 0.717) is 0 Å². The van der Waals surface area contributed by atoms with Gasteiger partial charge in [0.05, 0.1) is 12.0 Å². The van der Waals surface area contributed by atoms with Crippen molar-refractivity contribution in [2.45, 2.75) is 17.6 Å². The van der Waals surface area contributed by atoms with E-state index in [2.05, 4.69) is 0 Å². The highest BCUT2D eigenvalue weighted by atomic mass is 28.1. The van der Waals surface area contributed by atoms with Gasteiger partial charge < -0.3 is 20.4 Å². The third kappa shape index (κ3) is 2.54. The number of aliphatic hydroxyl groups is 1. The van der Waals surface area contributed by atoms with Crippen LogP contribution in [0.1, 0.15) is 6.42 Å². The Balaban J connectivity index is 4.99. The fourth-order valence-corrected chi connectivity index (χ4v) is 1.30. The fraction of sp³-hybridized carbons (Fsp3) is 0.500. The van der Waals surface area contributed by atoms with E-state index in [9.17, 15) is 19.5 Å². The first-order chi connectivity index (χ1) is 6.21. The summed E-state index contributed by atoms with van der Waals surface area (Å²) >= 11 is 0. The number of carbonyl (C=O) groups is 3. The highest BCUT2D eigenvalue weighted by Gasteiger charge is 2.47. The summed E-state index contributed by atoms with van der Waals surface area (Å²) in [6.45, 7) is 0. The van der Waals surface area contributed by atoms with Gasteiger partial charge in [-0.25, -0.2) is 4.79 Å². The second kappa shape index (κ2) is 4.20. The van der Waals surface area contributed by atoms with E-state index in [4.69, 9.17) is 15.3 Å². The number of hydrogen-bond acceptors (Lipinski definition) is 4. The van der Waals surface area contributed by atoms with Crippen molar-refractivity contribution in [3.05, 3.63) is 0 Å². The Bertz CT molecular complexity index is 275. The Morgan fingerprint density at radius 3 is 1.86 bits per heavy atom. The lowest BCUT2D eigenvalue weighted by atomic mass is 9.95. The molecule has 0 aromatic heterocycles. The molecule has 0 radical (unpaired) electrons. The van der Waals surface area contributed by atoms with E-state index in [1.165, 1.54) is 0 Å². The normalized spacial score (nSPS) is 16.9. The smallest absolute Gasteiger partial charge is 0.336 e. The predicted octanol–water partition coefficient (Wildman–Crippen LogP) is -2.48. The van der Waals surface area contributed by atoms with Crippen molar-refractivity contribution in [1.29, 1.82) is 0 Å².